The van der Waals surface area contributed by atoms with Gasteiger partial charge in [-0.1, -0.05) is 6.92 Å². The number of esters is 1. The molecule has 0 fully saturated rings. The van der Waals surface area contributed by atoms with Crippen LogP contribution >= 0.6 is 0 Å². The van der Waals surface area contributed by atoms with Crippen LogP contribution in [0.2, 0.25) is 0 Å². The van der Waals surface area contributed by atoms with Gasteiger partial charge in [0.1, 0.15) is 0 Å². The number of hydrogen-bond acceptors (Lipinski definition) is 5. The number of nitrogens with two attached hydrogens (primary N) is 2. The van der Waals surface area contributed by atoms with Crippen molar-refractivity contribution in [3.8, 4) is 6.01 Å². The summed E-state index contributed by atoms with van der Waals surface area (Å²) in [5.41, 5.74) is 11.8. The summed E-state index contributed by atoms with van der Waals surface area (Å²) in [4.78, 5) is 14.9. The van der Waals surface area contributed by atoms with Crippen molar-refractivity contribution in [1.82, 2.24) is 9.55 Å². The third kappa shape index (κ3) is 2.54. The molecule has 1 rings (SSSR count). The summed E-state index contributed by atoms with van der Waals surface area (Å²) in [6.07, 6.45) is 2.40. The van der Waals surface area contributed by atoms with Crippen LogP contribution in [-0.2, 0) is 11.8 Å². The minimum atomic E-state index is -0.514. The standard InChI is InChI=1S/C9H16N4O2/c1-3-6(11)7-5-12-9(13(7)2)15-8(14)4-10/h5-6H,3-4,10-11H2,1-2H3. The number of imidazole rings is 1. The summed E-state index contributed by atoms with van der Waals surface area (Å²) < 4.78 is 6.56. The maximum atomic E-state index is 11.0. The Bertz CT molecular complexity index is 348. The molecule has 84 valence electrons. The van der Waals surface area contributed by atoms with Crippen molar-refractivity contribution < 1.29 is 9.53 Å². The lowest BCUT2D eigenvalue weighted by Gasteiger charge is -2.10. The average Bonchev–Trinajstić information content (AvgIpc) is 2.59. The zero-order valence-corrected chi connectivity index (χ0v) is 8.93. The van der Waals surface area contributed by atoms with Crippen molar-refractivity contribution in [2.75, 3.05) is 6.54 Å². The van der Waals surface area contributed by atoms with E-state index in [1.165, 1.54) is 0 Å². The quantitative estimate of drug-likeness (QED) is 0.667. The number of ether oxygens (including phenoxy) is 1. The predicted octanol–water partition coefficient (Wildman–Crippen LogP) is -0.306. The van der Waals surface area contributed by atoms with E-state index in [1.807, 2.05) is 6.92 Å². The lowest BCUT2D eigenvalue weighted by atomic mass is 10.2. The first-order valence-corrected chi connectivity index (χ1v) is 4.78. The Morgan fingerprint density at radius 1 is 1.73 bits per heavy atom. The second-order valence-corrected chi connectivity index (χ2v) is 3.22. The maximum Gasteiger partial charge on any atom is 0.327 e. The van der Waals surface area contributed by atoms with E-state index in [-0.39, 0.29) is 18.6 Å². The van der Waals surface area contributed by atoms with E-state index in [4.69, 9.17) is 16.2 Å². The topological polar surface area (TPSA) is 96.2 Å². The summed E-state index contributed by atoms with van der Waals surface area (Å²) in [6, 6.07) is 0.122. The fraction of sp³-hybridized carbons (Fsp3) is 0.556. The number of nitrogens with zero attached hydrogens (tertiary/aromatic N) is 2. The molecule has 6 nitrogen and oxygen atoms in total. The lowest BCUT2D eigenvalue weighted by molar-refractivity contribution is -0.133. The highest BCUT2D eigenvalue weighted by molar-refractivity contribution is 5.73. The molecule has 4 N–H and O–H groups in total. The molecular weight excluding hydrogens is 196 g/mol. The molecule has 15 heavy (non-hydrogen) atoms. The van der Waals surface area contributed by atoms with Gasteiger partial charge in [0.2, 0.25) is 0 Å². The minimum absolute atomic E-state index is 0.104. The molecule has 0 amide bonds. The lowest BCUT2D eigenvalue weighted by Crippen LogP contribution is -2.21. The van der Waals surface area contributed by atoms with E-state index in [1.54, 1.807) is 17.8 Å². The Kier molecular flexibility index (Phi) is 3.81. The molecule has 0 aliphatic rings. The van der Waals surface area contributed by atoms with Crippen LogP contribution in [0, 0.1) is 0 Å². The Labute approximate surface area is 88.2 Å². The van der Waals surface area contributed by atoms with Crippen LogP contribution < -0.4 is 16.2 Å². The SMILES string of the molecule is CCC(N)c1cnc(OC(=O)CN)n1C. The van der Waals surface area contributed by atoms with Gasteiger partial charge in [0.05, 0.1) is 18.4 Å². The van der Waals surface area contributed by atoms with E-state index < -0.39 is 5.97 Å². The van der Waals surface area contributed by atoms with Crippen molar-refractivity contribution >= 4 is 5.97 Å². The Balaban J connectivity index is 2.84. The molecule has 1 aromatic heterocycles. The van der Waals surface area contributed by atoms with Crippen molar-refractivity contribution in [1.29, 1.82) is 0 Å². The van der Waals surface area contributed by atoms with E-state index in [9.17, 15) is 4.79 Å². The van der Waals surface area contributed by atoms with Crippen LogP contribution in [0.15, 0.2) is 6.20 Å². The van der Waals surface area contributed by atoms with Crippen molar-refractivity contribution in [3.05, 3.63) is 11.9 Å². The molecule has 0 spiro atoms. The third-order valence-electron chi connectivity index (χ3n) is 2.17. The second-order valence-electron chi connectivity index (χ2n) is 3.22. The summed E-state index contributed by atoms with van der Waals surface area (Å²) in [5.74, 6) is -0.514. The predicted molar refractivity (Wildman–Crippen MR) is 55.1 cm³/mol. The number of carbonyl (C=O) groups excluding carboxylic acids is 1. The number of rotatable bonds is 4. The molecule has 0 aliphatic carbocycles. The van der Waals surface area contributed by atoms with Gasteiger partial charge in [-0.25, -0.2) is 4.98 Å². The second kappa shape index (κ2) is 4.90. The molecule has 1 unspecified atom stereocenters. The zero-order valence-electron chi connectivity index (χ0n) is 8.93. The van der Waals surface area contributed by atoms with Gasteiger partial charge in [0.25, 0.3) is 0 Å². The van der Waals surface area contributed by atoms with Gasteiger partial charge in [0.15, 0.2) is 0 Å². The molecule has 6 heteroatoms. The fourth-order valence-electron chi connectivity index (χ4n) is 1.20. The maximum absolute atomic E-state index is 11.0. The highest BCUT2D eigenvalue weighted by Crippen LogP contribution is 2.18. The molecular formula is C9H16N4O2. The van der Waals surface area contributed by atoms with Crippen LogP contribution in [0.3, 0.4) is 0 Å². The first kappa shape index (κ1) is 11.7. The van der Waals surface area contributed by atoms with E-state index in [0.717, 1.165) is 12.1 Å². The molecule has 1 aromatic rings. The Hall–Kier alpha value is -1.40. The van der Waals surface area contributed by atoms with E-state index in [0.29, 0.717) is 0 Å². The van der Waals surface area contributed by atoms with Crippen LogP contribution in [0.5, 0.6) is 6.01 Å². The average molecular weight is 212 g/mol. The van der Waals surface area contributed by atoms with Gasteiger partial charge >= 0.3 is 12.0 Å². The minimum Gasteiger partial charge on any atom is -0.391 e. The van der Waals surface area contributed by atoms with Gasteiger partial charge in [-0.3, -0.25) is 9.36 Å². The van der Waals surface area contributed by atoms with E-state index in [2.05, 4.69) is 4.98 Å². The summed E-state index contributed by atoms with van der Waals surface area (Å²) in [7, 11) is 1.75. The number of aromatic nitrogens is 2. The van der Waals surface area contributed by atoms with E-state index >= 15 is 0 Å². The van der Waals surface area contributed by atoms with Gasteiger partial charge in [-0.2, -0.15) is 0 Å². The van der Waals surface area contributed by atoms with Crippen LogP contribution in [0.1, 0.15) is 25.1 Å². The third-order valence-corrected chi connectivity index (χ3v) is 2.17. The number of hydrogen-bond donors (Lipinski definition) is 2. The summed E-state index contributed by atoms with van der Waals surface area (Å²) in [6.45, 7) is 1.81. The molecule has 0 saturated carbocycles. The number of carbonyl (C=O) groups is 1. The molecule has 0 aromatic carbocycles. The largest absolute Gasteiger partial charge is 0.391 e. The normalized spacial score (nSPS) is 12.5. The highest BCUT2D eigenvalue weighted by atomic mass is 16.5. The first-order valence-electron chi connectivity index (χ1n) is 4.78. The van der Waals surface area contributed by atoms with Crippen LogP contribution in [0.25, 0.3) is 0 Å². The fourth-order valence-corrected chi connectivity index (χ4v) is 1.20. The van der Waals surface area contributed by atoms with Crippen LogP contribution in [-0.4, -0.2) is 22.1 Å². The molecule has 0 saturated heterocycles. The monoisotopic (exact) mass is 212 g/mol. The zero-order chi connectivity index (χ0) is 11.4. The van der Waals surface area contributed by atoms with Crippen LogP contribution in [0.4, 0.5) is 0 Å². The van der Waals surface area contributed by atoms with Gasteiger partial charge in [-0.15, -0.1) is 0 Å². The first-order chi connectivity index (χ1) is 7.10. The van der Waals surface area contributed by atoms with Crippen molar-refractivity contribution in [2.45, 2.75) is 19.4 Å². The molecule has 1 atom stereocenters. The Morgan fingerprint density at radius 2 is 2.40 bits per heavy atom. The Morgan fingerprint density at radius 3 is 2.93 bits per heavy atom. The summed E-state index contributed by atoms with van der Waals surface area (Å²) >= 11 is 0. The van der Waals surface area contributed by atoms with Gasteiger partial charge in [0, 0.05) is 13.1 Å². The molecule has 0 aliphatic heterocycles. The van der Waals surface area contributed by atoms with Gasteiger partial charge < -0.3 is 16.2 Å². The van der Waals surface area contributed by atoms with Gasteiger partial charge in [-0.05, 0) is 6.42 Å². The van der Waals surface area contributed by atoms with Crippen molar-refractivity contribution in [2.24, 2.45) is 18.5 Å². The smallest absolute Gasteiger partial charge is 0.327 e. The highest BCUT2D eigenvalue weighted by Gasteiger charge is 2.14. The molecule has 1 heterocycles. The van der Waals surface area contributed by atoms with Crippen molar-refractivity contribution in [3.63, 3.8) is 0 Å². The molecule has 0 radical (unpaired) electrons. The summed E-state index contributed by atoms with van der Waals surface area (Å²) in [5, 5.41) is 0. The molecule has 0 bridgehead atoms.